The molecule has 1 atom stereocenters. The summed E-state index contributed by atoms with van der Waals surface area (Å²) in [5.41, 5.74) is -0.724. The Morgan fingerprint density at radius 1 is 1.16 bits per heavy atom. The highest BCUT2D eigenvalue weighted by atomic mass is 32.2. The number of nitrogens with zero attached hydrogens (tertiary/aromatic N) is 2. The van der Waals surface area contributed by atoms with Gasteiger partial charge < -0.3 is 14.4 Å². The van der Waals surface area contributed by atoms with Gasteiger partial charge in [0, 0.05) is 41.8 Å². The maximum atomic E-state index is 13.9. The number of halogens is 4. The fraction of sp³-hybridized carbons (Fsp3) is 0.308. The lowest BCUT2D eigenvalue weighted by Crippen LogP contribution is -2.38. The monoisotopic (exact) mass is 552 g/mol. The number of carbonyl (C=O) groups is 1. The Kier molecular flexibility index (Phi) is 7.75. The quantitative estimate of drug-likeness (QED) is 0.377. The van der Waals surface area contributed by atoms with Gasteiger partial charge in [-0.15, -0.1) is 0 Å². The Morgan fingerprint density at radius 2 is 1.92 bits per heavy atom. The predicted molar refractivity (Wildman–Crippen MR) is 131 cm³/mol. The Hall–Kier alpha value is -3.51. The minimum Gasteiger partial charge on any atom is -0.496 e. The van der Waals surface area contributed by atoms with Crippen LogP contribution < -0.4 is 9.64 Å². The maximum absolute atomic E-state index is 13.9. The number of anilines is 1. The number of hydrogen-bond donors (Lipinski definition) is 0. The molecule has 1 aliphatic heterocycles. The van der Waals surface area contributed by atoms with E-state index in [0.29, 0.717) is 36.3 Å². The van der Waals surface area contributed by atoms with Crippen molar-refractivity contribution in [1.82, 2.24) is 4.98 Å². The molecule has 202 valence electrons. The zero-order valence-electron chi connectivity index (χ0n) is 20.5. The lowest BCUT2D eigenvalue weighted by Gasteiger charge is -2.28. The summed E-state index contributed by atoms with van der Waals surface area (Å²) in [6.45, 7) is 0.422. The van der Waals surface area contributed by atoms with Crippen molar-refractivity contribution in [3.8, 4) is 16.9 Å². The van der Waals surface area contributed by atoms with E-state index in [2.05, 4.69) is 4.98 Å². The van der Waals surface area contributed by atoms with Gasteiger partial charge in [-0.25, -0.2) is 12.8 Å². The predicted octanol–water partition coefficient (Wildman–Crippen LogP) is 5.14. The van der Waals surface area contributed by atoms with E-state index in [1.165, 1.54) is 36.5 Å². The fourth-order valence-corrected chi connectivity index (χ4v) is 4.94. The molecule has 2 aromatic carbocycles. The van der Waals surface area contributed by atoms with Crippen LogP contribution in [-0.4, -0.2) is 51.9 Å². The summed E-state index contributed by atoms with van der Waals surface area (Å²) in [5.74, 6) is -1.27. The number of aromatic nitrogens is 1. The molecule has 12 heteroatoms. The van der Waals surface area contributed by atoms with Crippen molar-refractivity contribution >= 4 is 21.4 Å². The molecule has 0 aliphatic carbocycles. The van der Waals surface area contributed by atoms with E-state index < -0.39 is 49.9 Å². The second kappa shape index (κ2) is 10.7. The van der Waals surface area contributed by atoms with Crippen LogP contribution in [0.15, 0.2) is 59.8 Å². The Labute approximate surface area is 216 Å². The highest BCUT2D eigenvalue weighted by molar-refractivity contribution is 7.90. The number of rotatable bonds is 7. The molecule has 1 fully saturated rings. The van der Waals surface area contributed by atoms with Crippen LogP contribution in [0, 0.1) is 5.82 Å². The lowest BCUT2D eigenvalue weighted by atomic mass is 10.0. The van der Waals surface area contributed by atoms with E-state index in [9.17, 15) is 30.8 Å². The number of hydrogen-bond acceptors (Lipinski definition) is 6. The van der Waals surface area contributed by atoms with Crippen LogP contribution in [0.1, 0.15) is 28.8 Å². The standard InChI is InChI=1S/C26H24F4N2O5S/c1-36-24-13-18(27)5-6-22(24)21-7-8-31-14-23(21)32(15-19-4-3-9-37-19)25(33)16-10-17(26(28,29)30)12-20(11-16)38(2,34)35/h5-8,10-14,19H,3-4,9,15H2,1-2H3. The SMILES string of the molecule is COc1cc(F)ccc1-c1ccncc1N(CC1CCCO1)C(=O)c1cc(C(F)(F)F)cc(S(C)(=O)=O)c1. The highest BCUT2D eigenvalue weighted by Gasteiger charge is 2.34. The van der Waals surface area contributed by atoms with Crippen LogP contribution in [0.25, 0.3) is 11.1 Å². The van der Waals surface area contributed by atoms with Crippen molar-refractivity contribution in [3.63, 3.8) is 0 Å². The van der Waals surface area contributed by atoms with Gasteiger partial charge in [0.15, 0.2) is 9.84 Å². The van der Waals surface area contributed by atoms with Crippen LogP contribution in [0.5, 0.6) is 5.75 Å². The first-order chi connectivity index (χ1) is 17.9. The number of alkyl halides is 3. The van der Waals surface area contributed by atoms with E-state index in [0.717, 1.165) is 24.8 Å². The zero-order chi connectivity index (χ0) is 27.7. The van der Waals surface area contributed by atoms with Crippen molar-refractivity contribution in [3.05, 3.63) is 71.8 Å². The average Bonchev–Trinajstić information content (AvgIpc) is 3.39. The van der Waals surface area contributed by atoms with E-state index in [-0.39, 0.29) is 18.0 Å². The zero-order valence-corrected chi connectivity index (χ0v) is 21.3. The van der Waals surface area contributed by atoms with Gasteiger partial charge in [-0.3, -0.25) is 9.78 Å². The minimum absolute atomic E-state index is 0.0362. The van der Waals surface area contributed by atoms with Gasteiger partial charge in [-0.1, -0.05) is 0 Å². The van der Waals surface area contributed by atoms with Crippen LogP contribution >= 0.6 is 0 Å². The van der Waals surface area contributed by atoms with Gasteiger partial charge >= 0.3 is 6.18 Å². The van der Waals surface area contributed by atoms with Crippen LogP contribution in [-0.2, 0) is 20.8 Å². The highest BCUT2D eigenvalue weighted by Crippen LogP contribution is 2.38. The molecule has 2 heterocycles. The molecule has 0 bridgehead atoms. The number of amides is 1. The van der Waals surface area contributed by atoms with Crippen molar-refractivity contribution < 1.29 is 40.2 Å². The summed E-state index contributed by atoms with van der Waals surface area (Å²) in [4.78, 5) is 18.5. The second-order valence-corrected chi connectivity index (χ2v) is 10.8. The summed E-state index contributed by atoms with van der Waals surface area (Å²) >= 11 is 0. The van der Waals surface area contributed by atoms with Gasteiger partial charge in [0.05, 0.1) is 42.1 Å². The maximum Gasteiger partial charge on any atom is 0.416 e. The number of ether oxygens (including phenoxy) is 2. The number of benzene rings is 2. The van der Waals surface area contributed by atoms with E-state index in [4.69, 9.17) is 9.47 Å². The lowest BCUT2D eigenvalue weighted by molar-refractivity contribution is -0.137. The Morgan fingerprint density at radius 3 is 2.55 bits per heavy atom. The van der Waals surface area contributed by atoms with Gasteiger partial charge in [-0.2, -0.15) is 13.2 Å². The van der Waals surface area contributed by atoms with E-state index >= 15 is 0 Å². The minimum atomic E-state index is -4.89. The summed E-state index contributed by atoms with van der Waals surface area (Å²) in [6.07, 6.45) is -0.395. The molecule has 7 nitrogen and oxygen atoms in total. The smallest absolute Gasteiger partial charge is 0.416 e. The third-order valence-corrected chi connectivity index (χ3v) is 7.20. The van der Waals surface area contributed by atoms with Crippen molar-refractivity contribution in [1.29, 1.82) is 0 Å². The summed E-state index contributed by atoms with van der Waals surface area (Å²) < 4.78 is 90.2. The van der Waals surface area contributed by atoms with Crippen molar-refractivity contribution in [2.24, 2.45) is 0 Å². The van der Waals surface area contributed by atoms with Crippen LogP contribution in [0.3, 0.4) is 0 Å². The van der Waals surface area contributed by atoms with Gasteiger partial charge in [-0.05, 0) is 49.2 Å². The molecule has 38 heavy (non-hydrogen) atoms. The summed E-state index contributed by atoms with van der Waals surface area (Å²) in [6, 6.07) is 7.42. The molecule has 1 aliphatic rings. The third kappa shape index (κ3) is 5.97. The van der Waals surface area contributed by atoms with Crippen LogP contribution in [0.4, 0.5) is 23.2 Å². The van der Waals surface area contributed by atoms with Gasteiger partial charge in [0.2, 0.25) is 0 Å². The molecule has 0 N–H and O–H groups in total. The summed E-state index contributed by atoms with van der Waals surface area (Å²) in [5, 5.41) is 0. The van der Waals surface area contributed by atoms with Gasteiger partial charge in [0.1, 0.15) is 11.6 Å². The van der Waals surface area contributed by atoms with Crippen LogP contribution in [0.2, 0.25) is 0 Å². The van der Waals surface area contributed by atoms with E-state index in [1.807, 2.05) is 0 Å². The second-order valence-electron chi connectivity index (χ2n) is 8.80. The molecule has 1 saturated heterocycles. The van der Waals surface area contributed by atoms with Gasteiger partial charge in [0.25, 0.3) is 5.91 Å². The topological polar surface area (TPSA) is 85.8 Å². The number of methoxy groups -OCH3 is 1. The molecule has 4 rings (SSSR count). The summed E-state index contributed by atoms with van der Waals surface area (Å²) in [7, 11) is -2.73. The molecule has 0 saturated carbocycles. The fourth-order valence-electron chi connectivity index (χ4n) is 4.26. The molecule has 0 spiro atoms. The molecule has 3 aromatic rings. The number of carbonyl (C=O) groups excluding carboxylic acids is 1. The normalized spacial score (nSPS) is 15.9. The first-order valence-electron chi connectivity index (χ1n) is 11.5. The van der Waals surface area contributed by atoms with E-state index in [1.54, 1.807) is 6.07 Å². The largest absolute Gasteiger partial charge is 0.496 e. The third-order valence-electron chi connectivity index (χ3n) is 6.11. The number of pyridine rings is 1. The molecular weight excluding hydrogens is 528 g/mol. The number of sulfone groups is 1. The molecule has 1 aromatic heterocycles. The first kappa shape index (κ1) is 27.5. The molecular formula is C26H24F4N2O5S. The Balaban J connectivity index is 1.89. The molecule has 0 radical (unpaired) electrons. The molecule has 1 amide bonds. The Bertz CT molecular complexity index is 1450. The first-order valence-corrected chi connectivity index (χ1v) is 13.4. The van der Waals surface area contributed by atoms with Crippen molar-refractivity contribution in [2.75, 3.05) is 31.4 Å². The molecule has 1 unspecified atom stereocenters. The average molecular weight is 553 g/mol. The van der Waals surface area contributed by atoms with Crippen molar-refractivity contribution in [2.45, 2.75) is 30.0 Å².